The Morgan fingerprint density at radius 1 is 0.950 bits per heavy atom. The maximum Gasteiger partial charge on any atom is 0.174 e. The third-order valence-electron chi connectivity index (χ3n) is 7.85. The van der Waals surface area contributed by atoms with E-state index in [4.69, 9.17) is 33.5 Å². The summed E-state index contributed by atoms with van der Waals surface area (Å²) in [6, 6.07) is 27.6. The number of benzene rings is 3. The molecule has 7 heteroatoms. The highest BCUT2D eigenvalue weighted by Gasteiger charge is 2.42. The van der Waals surface area contributed by atoms with Gasteiger partial charge in [-0.05, 0) is 105 Å². The second kappa shape index (κ2) is 10.3. The molecule has 4 aromatic rings. The summed E-state index contributed by atoms with van der Waals surface area (Å²) in [4.78, 5) is 9.11. The fourth-order valence-corrected chi connectivity index (χ4v) is 6.28. The normalized spacial score (nSPS) is 19.6. The van der Waals surface area contributed by atoms with Crippen molar-refractivity contribution in [3.05, 3.63) is 119 Å². The molecule has 1 saturated heterocycles. The highest BCUT2D eigenvalue weighted by Crippen LogP contribution is 2.48. The molecule has 0 saturated carbocycles. The zero-order valence-electron chi connectivity index (χ0n) is 22.9. The molecular weight excluding hydrogens is 536 g/mol. The van der Waals surface area contributed by atoms with Crippen LogP contribution in [0.25, 0.3) is 5.57 Å². The van der Waals surface area contributed by atoms with Crippen LogP contribution in [0.5, 0.6) is 11.5 Å². The number of ether oxygens (including phenoxy) is 1. The van der Waals surface area contributed by atoms with Gasteiger partial charge in [0, 0.05) is 35.2 Å². The van der Waals surface area contributed by atoms with Gasteiger partial charge < -0.3 is 19.9 Å². The number of pyridine rings is 1. The summed E-state index contributed by atoms with van der Waals surface area (Å²) in [6.45, 7) is 6.59. The molecule has 1 fully saturated rings. The first-order valence-electron chi connectivity index (χ1n) is 13.3. The predicted molar refractivity (Wildman–Crippen MR) is 168 cm³/mol. The van der Waals surface area contributed by atoms with Crippen LogP contribution < -0.4 is 19.9 Å². The third kappa shape index (κ3) is 4.72. The van der Waals surface area contributed by atoms with Crippen molar-refractivity contribution in [3.63, 3.8) is 0 Å². The summed E-state index contributed by atoms with van der Waals surface area (Å²) in [5, 5.41) is 4.86. The molecule has 2 aliphatic rings. The van der Waals surface area contributed by atoms with Crippen molar-refractivity contribution < 1.29 is 4.74 Å². The number of thiocarbonyl (C=S) groups is 1. The Labute approximate surface area is 246 Å². The van der Waals surface area contributed by atoms with Crippen molar-refractivity contribution in [2.75, 3.05) is 16.8 Å². The highest BCUT2D eigenvalue weighted by molar-refractivity contribution is 7.80. The van der Waals surface area contributed by atoms with E-state index in [1.165, 1.54) is 11.1 Å². The number of allylic oxidation sites excluding steroid dienone is 1. The van der Waals surface area contributed by atoms with Crippen LogP contribution in [-0.4, -0.2) is 22.7 Å². The molecule has 0 spiro atoms. The summed E-state index contributed by atoms with van der Waals surface area (Å²) in [5.41, 5.74) is 6.26. The smallest absolute Gasteiger partial charge is 0.174 e. The number of aromatic nitrogens is 1. The number of halogens is 1. The molecule has 2 atom stereocenters. The molecular formula is C33H31ClN4OS. The number of hydrogen-bond donors (Lipinski definition) is 1. The molecule has 1 aromatic heterocycles. The number of rotatable bonds is 5. The number of anilines is 2. The zero-order chi connectivity index (χ0) is 28.0. The van der Waals surface area contributed by atoms with Crippen molar-refractivity contribution in [3.8, 4) is 11.5 Å². The summed E-state index contributed by atoms with van der Waals surface area (Å²) >= 11 is 13.1. The SMILES string of the molecule is CC1=CC(C)(C)N(C)c2cc(Cl)c([C@@H]3[C@@H](c4ccccn4)NC(=S)N3c3ccc(Oc4ccccc4)cc3)cc21. The van der Waals surface area contributed by atoms with Crippen LogP contribution in [0.1, 0.15) is 49.7 Å². The van der Waals surface area contributed by atoms with Crippen LogP contribution >= 0.6 is 23.8 Å². The van der Waals surface area contributed by atoms with E-state index in [0.29, 0.717) is 10.1 Å². The Bertz CT molecular complexity index is 1590. The van der Waals surface area contributed by atoms with Crippen LogP contribution in [0.2, 0.25) is 5.02 Å². The largest absolute Gasteiger partial charge is 0.457 e. The monoisotopic (exact) mass is 566 g/mol. The molecule has 0 radical (unpaired) electrons. The predicted octanol–water partition coefficient (Wildman–Crippen LogP) is 8.34. The fourth-order valence-electron chi connectivity index (χ4n) is 5.66. The first-order valence-corrected chi connectivity index (χ1v) is 14.1. The third-order valence-corrected chi connectivity index (χ3v) is 8.49. The van der Waals surface area contributed by atoms with Crippen molar-refractivity contribution >= 4 is 45.9 Å². The molecule has 0 unspecified atom stereocenters. The molecule has 0 bridgehead atoms. The zero-order valence-corrected chi connectivity index (χ0v) is 24.5. The van der Waals surface area contributed by atoms with Gasteiger partial charge in [0.2, 0.25) is 0 Å². The number of nitrogens with zero attached hydrogens (tertiary/aromatic N) is 3. The van der Waals surface area contributed by atoms with E-state index in [9.17, 15) is 0 Å². The maximum absolute atomic E-state index is 7.13. The van der Waals surface area contributed by atoms with Crippen LogP contribution in [0.4, 0.5) is 11.4 Å². The van der Waals surface area contributed by atoms with Crippen LogP contribution in [0.15, 0.2) is 97.2 Å². The lowest BCUT2D eigenvalue weighted by Gasteiger charge is -2.41. The Hall–Kier alpha value is -3.87. The Morgan fingerprint density at radius 2 is 1.65 bits per heavy atom. The van der Waals surface area contributed by atoms with Gasteiger partial charge in [0.05, 0.1) is 23.3 Å². The lowest BCUT2D eigenvalue weighted by atomic mass is 9.86. The minimum absolute atomic E-state index is 0.107. The first kappa shape index (κ1) is 26.4. The number of hydrogen-bond acceptors (Lipinski definition) is 4. The van der Waals surface area contributed by atoms with Gasteiger partial charge >= 0.3 is 0 Å². The van der Waals surface area contributed by atoms with E-state index in [1.807, 2.05) is 79.0 Å². The van der Waals surface area contributed by atoms with Gasteiger partial charge in [0.25, 0.3) is 0 Å². The molecule has 3 heterocycles. The molecule has 1 N–H and O–H groups in total. The average Bonchev–Trinajstić information content (AvgIpc) is 3.29. The topological polar surface area (TPSA) is 40.6 Å². The summed E-state index contributed by atoms with van der Waals surface area (Å²) in [6.07, 6.45) is 4.12. The van der Waals surface area contributed by atoms with Crippen molar-refractivity contribution in [2.45, 2.75) is 38.4 Å². The minimum Gasteiger partial charge on any atom is -0.457 e. The lowest BCUT2D eigenvalue weighted by molar-refractivity contribution is 0.482. The van der Waals surface area contributed by atoms with Crippen molar-refractivity contribution in [1.29, 1.82) is 0 Å². The van der Waals surface area contributed by atoms with Gasteiger partial charge in [-0.15, -0.1) is 0 Å². The van der Waals surface area contributed by atoms with Gasteiger partial charge in [-0.2, -0.15) is 0 Å². The van der Waals surface area contributed by atoms with Gasteiger partial charge in [-0.3, -0.25) is 4.98 Å². The van der Waals surface area contributed by atoms with Crippen molar-refractivity contribution in [2.24, 2.45) is 0 Å². The maximum atomic E-state index is 7.13. The standard InChI is InChI=1S/C33H31ClN4OS/c1-21-20-33(2,3)37(4)29-19-27(34)26(18-25(21)29)31-30(28-12-8-9-17-35-28)36-32(40)38(31)22-13-15-24(16-14-22)39-23-10-6-5-7-11-23/h5-20,30-31H,1-4H3,(H,36,40)/t30-,31-/m1/s1. The molecule has 3 aromatic carbocycles. The molecule has 0 amide bonds. The summed E-state index contributed by atoms with van der Waals surface area (Å²) in [5.74, 6) is 1.54. The summed E-state index contributed by atoms with van der Waals surface area (Å²) in [7, 11) is 2.12. The number of para-hydroxylation sites is 1. The Kier molecular flexibility index (Phi) is 6.77. The van der Waals surface area contributed by atoms with Gasteiger partial charge in [0.15, 0.2) is 5.11 Å². The molecule has 5 nitrogen and oxygen atoms in total. The molecule has 40 heavy (non-hydrogen) atoms. The van der Waals surface area contributed by atoms with Gasteiger partial charge in [-0.25, -0.2) is 0 Å². The second-order valence-electron chi connectivity index (χ2n) is 10.8. The van der Waals surface area contributed by atoms with E-state index in [2.05, 4.69) is 61.1 Å². The number of nitrogens with one attached hydrogen (secondary N) is 1. The quantitative estimate of drug-likeness (QED) is 0.245. The fraction of sp³-hybridized carbons (Fsp3) is 0.212. The number of fused-ring (bicyclic) bond motifs is 1. The van der Waals surface area contributed by atoms with Crippen LogP contribution in [0, 0.1) is 0 Å². The van der Waals surface area contributed by atoms with Crippen molar-refractivity contribution in [1.82, 2.24) is 10.3 Å². The Morgan fingerprint density at radius 3 is 2.35 bits per heavy atom. The van der Waals surface area contributed by atoms with E-state index >= 15 is 0 Å². The summed E-state index contributed by atoms with van der Waals surface area (Å²) < 4.78 is 6.04. The van der Waals surface area contributed by atoms with E-state index < -0.39 is 0 Å². The van der Waals surface area contributed by atoms with E-state index in [1.54, 1.807) is 0 Å². The number of likely N-dealkylation sites (N-methyl/N-ethyl adjacent to an activating group) is 1. The molecule has 6 rings (SSSR count). The van der Waals surface area contributed by atoms with Gasteiger partial charge in [0.1, 0.15) is 11.5 Å². The first-order chi connectivity index (χ1) is 19.2. The molecule has 0 aliphatic carbocycles. The average molecular weight is 567 g/mol. The molecule has 202 valence electrons. The minimum atomic E-state index is -0.214. The second-order valence-corrected chi connectivity index (χ2v) is 11.6. The lowest BCUT2D eigenvalue weighted by Crippen LogP contribution is -2.42. The highest BCUT2D eigenvalue weighted by atomic mass is 35.5. The van der Waals surface area contributed by atoms with Crippen LogP contribution in [-0.2, 0) is 0 Å². The van der Waals surface area contributed by atoms with E-state index in [-0.39, 0.29) is 17.6 Å². The molecule has 2 aliphatic heterocycles. The van der Waals surface area contributed by atoms with Crippen LogP contribution in [0.3, 0.4) is 0 Å². The Balaban J connectivity index is 1.44. The van der Waals surface area contributed by atoms with Gasteiger partial charge in [-0.1, -0.05) is 41.9 Å². The van der Waals surface area contributed by atoms with E-state index in [0.717, 1.165) is 34.1 Å².